The fourth-order valence-corrected chi connectivity index (χ4v) is 3.89. The van der Waals surface area contributed by atoms with E-state index in [0.717, 1.165) is 30.6 Å². The van der Waals surface area contributed by atoms with Crippen LogP contribution in [0, 0.1) is 11.3 Å². The van der Waals surface area contributed by atoms with E-state index in [1.54, 1.807) is 6.92 Å². The first-order valence-electron chi connectivity index (χ1n) is 9.74. The molecule has 2 aliphatic heterocycles. The minimum atomic E-state index is -1.18. The average molecular weight is 390 g/mol. The Labute approximate surface area is 165 Å². The molecule has 0 aromatic heterocycles. The Morgan fingerprint density at radius 1 is 1.50 bits per heavy atom. The summed E-state index contributed by atoms with van der Waals surface area (Å²) in [6, 6.07) is 5.69. The molecule has 1 saturated heterocycles. The van der Waals surface area contributed by atoms with Crippen LogP contribution in [0.15, 0.2) is 18.2 Å². The van der Waals surface area contributed by atoms with Crippen LogP contribution >= 0.6 is 0 Å². The number of ketones is 1. The van der Waals surface area contributed by atoms with Crippen LogP contribution in [-0.2, 0) is 16.1 Å². The van der Waals surface area contributed by atoms with E-state index in [1.165, 1.54) is 6.92 Å². The van der Waals surface area contributed by atoms with E-state index in [4.69, 9.17) is 20.9 Å². The van der Waals surface area contributed by atoms with Gasteiger partial charge in [-0.3, -0.25) is 15.0 Å². The zero-order valence-corrected chi connectivity index (χ0v) is 16.5. The van der Waals surface area contributed by atoms with Crippen molar-refractivity contribution >= 4 is 11.6 Å². The summed E-state index contributed by atoms with van der Waals surface area (Å²) < 4.78 is 6.01. The first-order chi connectivity index (χ1) is 13.4. The molecule has 0 spiro atoms. The molecule has 0 amide bonds. The quantitative estimate of drug-likeness (QED) is 0.272. The zero-order chi connectivity index (χ0) is 20.3. The molecule has 28 heavy (non-hydrogen) atoms. The smallest absolute Gasteiger partial charge is 0.180 e. The van der Waals surface area contributed by atoms with E-state index >= 15 is 0 Å². The number of carbonyl (C=O) groups is 1. The number of fused-ring (bicyclic) bond motifs is 1. The predicted molar refractivity (Wildman–Crippen MR) is 105 cm³/mol. The normalized spacial score (nSPS) is 26.5. The van der Waals surface area contributed by atoms with Crippen LogP contribution in [0.2, 0.25) is 0 Å². The Kier molecular flexibility index (Phi) is 6.34. The Morgan fingerprint density at radius 3 is 2.96 bits per heavy atom. The predicted octanol–water partition coefficient (Wildman–Crippen LogP) is 0.504. The molecule has 6 N–H and O–H groups in total. The topological polar surface area (TPSA) is 130 Å². The third-order valence-electron chi connectivity index (χ3n) is 6.02. The molecule has 2 aliphatic rings. The van der Waals surface area contributed by atoms with Gasteiger partial charge in [-0.2, -0.15) is 0 Å². The third-order valence-corrected chi connectivity index (χ3v) is 6.02. The average Bonchev–Trinajstić information content (AvgIpc) is 2.72. The van der Waals surface area contributed by atoms with Crippen molar-refractivity contribution < 1.29 is 19.5 Å². The molecule has 8 nitrogen and oxygen atoms in total. The number of aryl methyl sites for hydroxylation is 1. The van der Waals surface area contributed by atoms with Crippen LogP contribution in [0.3, 0.4) is 0 Å². The minimum Gasteiger partial charge on any atom is -0.487 e. The maximum atomic E-state index is 11.9. The number of nitrogens with two attached hydrogens (primary N) is 1. The van der Waals surface area contributed by atoms with Crippen molar-refractivity contribution in [2.75, 3.05) is 19.7 Å². The summed E-state index contributed by atoms with van der Waals surface area (Å²) in [5.41, 5.74) is 0.589. The Balaban J connectivity index is 1.71. The van der Waals surface area contributed by atoms with Crippen molar-refractivity contribution in [3.8, 4) is 5.75 Å². The number of rotatable bonds is 6. The van der Waals surface area contributed by atoms with E-state index in [2.05, 4.69) is 10.6 Å². The highest BCUT2D eigenvalue weighted by Crippen LogP contribution is 2.33. The standard InChI is InChI=1S/C20H30N4O4/c1-12(26)20(2,28-22)18-6-4-13-9-14(3-5-17(13)27-18)19(21)24-16-7-8-23-10-15(16)11-25/h3,5,9,15-16,18,23,25H,4,6-8,10-11,22H2,1-2H3,(H2,21,24)/t15-,16-,18+,20+/m0/s1. The highest BCUT2D eigenvalue weighted by Gasteiger charge is 2.43. The van der Waals surface area contributed by atoms with Gasteiger partial charge in [0.25, 0.3) is 0 Å². The molecule has 1 aromatic carbocycles. The maximum absolute atomic E-state index is 11.9. The lowest BCUT2D eigenvalue weighted by Crippen LogP contribution is -2.53. The van der Waals surface area contributed by atoms with Gasteiger partial charge in [-0.1, -0.05) is 0 Å². The van der Waals surface area contributed by atoms with Crippen LogP contribution in [0.4, 0.5) is 0 Å². The monoisotopic (exact) mass is 390 g/mol. The van der Waals surface area contributed by atoms with Gasteiger partial charge in [-0.25, -0.2) is 5.90 Å². The van der Waals surface area contributed by atoms with Crippen LogP contribution in [-0.4, -0.2) is 54.2 Å². The number of carbonyl (C=O) groups excluding carboxylic acids is 1. The van der Waals surface area contributed by atoms with E-state index in [9.17, 15) is 9.90 Å². The molecule has 1 aromatic rings. The number of aliphatic hydroxyl groups excluding tert-OH is 1. The number of Topliss-reactive ketones (excluding diaryl/α,β-unsaturated/α-hetero) is 1. The molecule has 8 heteroatoms. The number of ether oxygens (including phenoxy) is 1. The number of benzene rings is 1. The number of nitrogens with one attached hydrogen (secondary N) is 3. The van der Waals surface area contributed by atoms with Gasteiger partial charge in [-0.15, -0.1) is 0 Å². The van der Waals surface area contributed by atoms with Crippen LogP contribution in [0.25, 0.3) is 0 Å². The lowest BCUT2D eigenvalue weighted by Gasteiger charge is -2.37. The van der Waals surface area contributed by atoms with Gasteiger partial charge in [0.05, 0.1) is 0 Å². The summed E-state index contributed by atoms with van der Waals surface area (Å²) in [6.45, 7) is 4.81. The number of hydrogen-bond donors (Lipinski definition) is 5. The molecule has 0 bridgehead atoms. The number of piperidine rings is 1. The van der Waals surface area contributed by atoms with E-state index in [1.807, 2.05) is 18.2 Å². The Hall–Kier alpha value is -2.00. The highest BCUT2D eigenvalue weighted by atomic mass is 16.7. The number of aliphatic hydroxyl groups is 1. The molecule has 4 atom stereocenters. The Morgan fingerprint density at radius 2 is 2.29 bits per heavy atom. The van der Waals surface area contributed by atoms with Crippen molar-refractivity contribution in [2.45, 2.75) is 50.9 Å². The molecular weight excluding hydrogens is 360 g/mol. The minimum absolute atomic E-state index is 0.0772. The second-order valence-corrected chi connectivity index (χ2v) is 7.81. The fourth-order valence-electron chi connectivity index (χ4n) is 3.89. The van der Waals surface area contributed by atoms with Gasteiger partial charge < -0.3 is 20.5 Å². The largest absolute Gasteiger partial charge is 0.487 e. The summed E-state index contributed by atoms with van der Waals surface area (Å²) in [7, 11) is 0. The van der Waals surface area contributed by atoms with Gasteiger partial charge in [0.1, 0.15) is 17.7 Å². The first-order valence-corrected chi connectivity index (χ1v) is 9.74. The van der Waals surface area contributed by atoms with Gasteiger partial charge in [-0.05, 0) is 63.4 Å². The lowest BCUT2D eigenvalue weighted by atomic mass is 9.87. The maximum Gasteiger partial charge on any atom is 0.180 e. The van der Waals surface area contributed by atoms with Crippen LogP contribution in [0.1, 0.15) is 37.8 Å². The van der Waals surface area contributed by atoms with Crippen molar-refractivity contribution in [1.82, 2.24) is 10.6 Å². The van der Waals surface area contributed by atoms with Gasteiger partial charge in [0.2, 0.25) is 0 Å². The molecule has 0 radical (unpaired) electrons. The molecular formula is C20H30N4O4. The molecule has 154 valence electrons. The van der Waals surface area contributed by atoms with Crippen LogP contribution in [0.5, 0.6) is 5.75 Å². The van der Waals surface area contributed by atoms with Crippen molar-refractivity contribution in [3.63, 3.8) is 0 Å². The second-order valence-electron chi connectivity index (χ2n) is 7.81. The van der Waals surface area contributed by atoms with Crippen molar-refractivity contribution in [3.05, 3.63) is 29.3 Å². The van der Waals surface area contributed by atoms with Crippen molar-refractivity contribution in [1.29, 1.82) is 5.41 Å². The van der Waals surface area contributed by atoms with Gasteiger partial charge in [0, 0.05) is 30.7 Å². The SMILES string of the molecule is CC(=O)[C@@](C)(ON)[C@H]1CCc2cc(C(=N)N[C@H]3CCNC[C@H]3CO)ccc2O1. The van der Waals surface area contributed by atoms with E-state index < -0.39 is 11.7 Å². The highest BCUT2D eigenvalue weighted by molar-refractivity contribution is 5.97. The molecule has 1 fully saturated rings. The summed E-state index contributed by atoms with van der Waals surface area (Å²) in [5.74, 6) is 6.32. The molecule has 0 unspecified atom stereocenters. The molecule has 0 aliphatic carbocycles. The molecule has 3 rings (SSSR count). The Bertz CT molecular complexity index is 741. The molecule has 0 saturated carbocycles. The van der Waals surface area contributed by atoms with E-state index in [0.29, 0.717) is 24.4 Å². The fraction of sp³-hybridized carbons (Fsp3) is 0.600. The summed E-state index contributed by atoms with van der Waals surface area (Å²) in [4.78, 5) is 16.9. The second kappa shape index (κ2) is 8.57. The van der Waals surface area contributed by atoms with Gasteiger partial charge in [0.15, 0.2) is 11.4 Å². The third kappa shape index (κ3) is 4.05. The summed E-state index contributed by atoms with van der Waals surface area (Å²) in [5, 5.41) is 24.5. The summed E-state index contributed by atoms with van der Waals surface area (Å²) >= 11 is 0. The lowest BCUT2D eigenvalue weighted by molar-refractivity contribution is -0.156. The van der Waals surface area contributed by atoms with Crippen LogP contribution < -0.4 is 21.3 Å². The van der Waals surface area contributed by atoms with Gasteiger partial charge >= 0.3 is 0 Å². The number of amidine groups is 1. The summed E-state index contributed by atoms with van der Waals surface area (Å²) in [6.07, 6.45) is 1.73. The van der Waals surface area contributed by atoms with E-state index in [-0.39, 0.29) is 24.3 Å². The first kappa shape index (κ1) is 20.7. The molecule has 2 heterocycles. The number of hydrogen-bond acceptors (Lipinski definition) is 7. The zero-order valence-electron chi connectivity index (χ0n) is 16.5. The van der Waals surface area contributed by atoms with Crippen molar-refractivity contribution in [2.24, 2.45) is 11.8 Å².